The molecule has 0 aliphatic rings. The summed E-state index contributed by atoms with van der Waals surface area (Å²) in [5, 5.41) is 5.13. The number of para-hydroxylation sites is 1. The SMILES string of the molecule is COc1ccc(/C=C/C(=N/Nc2nc3ccccc3c(=O)n2C)c2ccccc2)cc1OC. The lowest BCUT2D eigenvalue weighted by Crippen LogP contribution is -2.21. The predicted molar refractivity (Wildman–Crippen MR) is 132 cm³/mol. The van der Waals surface area contributed by atoms with Crippen LogP contribution in [0.4, 0.5) is 5.95 Å². The van der Waals surface area contributed by atoms with Gasteiger partial charge < -0.3 is 9.47 Å². The van der Waals surface area contributed by atoms with E-state index in [1.807, 2.05) is 72.8 Å². The number of hydrazone groups is 1. The number of hydrogen-bond acceptors (Lipinski definition) is 6. The van der Waals surface area contributed by atoms with E-state index in [-0.39, 0.29) is 5.56 Å². The molecule has 0 spiro atoms. The zero-order valence-corrected chi connectivity index (χ0v) is 18.6. The van der Waals surface area contributed by atoms with E-state index in [0.717, 1.165) is 11.1 Å². The van der Waals surface area contributed by atoms with E-state index in [9.17, 15) is 4.79 Å². The molecule has 0 aliphatic heterocycles. The molecule has 0 aliphatic carbocycles. The predicted octanol–water partition coefficient (Wildman–Crippen LogP) is 4.48. The third kappa shape index (κ3) is 4.77. The standard InChI is InChI=1S/C26H24N4O3/c1-30-25(31)20-11-7-8-12-22(20)27-26(30)29-28-21(19-9-5-4-6-10-19)15-13-18-14-16-23(32-2)24(17-18)33-3/h4-17H,1-3H3,(H,27,29)/b15-13+,28-21-. The highest BCUT2D eigenvalue weighted by Crippen LogP contribution is 2.28. The van der Waals surface area contributed by atoms with Crippen molar-refractivity contribution in [1.29, 1.82) is 0 Å². The van der Waals surface area contributed by atoms with Crippen LogP contribution >= 0.6 is 0 Å². The molecule has 0 radical (unpaired) electrons. The molecule has 0 saturated carbocycles. The largest absolute Gasteiger partial charge is 0.493 e. The molecule has 3 aromatic carbocycles. The molecule has 0 saturated heterocycles. The third-order valence-electron chi connectivity index (χ3n) is 5.17. The Hall–Kier alpha value is -4.39. The summed E-state index contributed by atoms with van der Waals surface area (Å²) in [4.78, 5) is 17.2. The molecule has 4 rings (SSSR count). The molecule has 1 N–H and O–H groups in total. The fourth-order valence-corrected chi connectivity index (χ4v) is 3.37. The first-order valence-electron chi connectivity index (χ1n) is 10.4. The van der Waals surface area contributed by atoms with Crippen molar-refractivity contribution < 1.29 is 9.47 Å². The monoisotopic (exact) mass is 440 g/mol. The van der Waals surface area contributed by atoms with E-state index in [1.165, 1.54) is 4.57 Å². The molecule has 7 heteroatoms. The summed E-state index contributed by atoms with van der Waals surface area (Å²) in [5.74, 6) is 1.66. The van der Waals surface area contributed by atoms with Gasteiger partial charge >= 0.3 is 0 Å². The highest BCUT2D eigenvalue weighted by Gasteiger charge is 2.08. The maximum absolute atomic E-state index is 12.7. The van der Waals surface area contributed by atoms with Crippen LogP contribution in [-0.4, -0.2) is 29.5 Å². The minimum atomic E-state index is -0.138. The lowest BCUT2D eigenvalue weighted by molar-refractivity contribution is 0.355. The molecular formula is C26H24N4O3. The number of nitrogens with zero attached hydrogens (tertiary/aromatic N) is 3. The summed E-state index contributed by atoms with van der Waals surface area (Å²) in [5.41, 5.74) is 5.95. The van der Waals surface area contributed by atoms with Gasteiger partial charge in [0.25, 0.3) is 5.56 Å². The maximum Gasteiger partial charge on any atom is 0.262 e. The zero-order valence-electron chi connectivity index (χ0n) is 18.6. The van der Waals surface area contributed by atoms with Crippen LogP contribution in [0.25, 0.3) is 17.0 Å². The van der Waals surface area contributed by atoms with Crippen LogP contribution in [0.1, 0.15) is 11.1 Å². The lowest BCUT2D eigenvalue weighted by atomic mass is 10.1. The Morgan fingerprint density at radius 1 is 0.970 bits per heavy atom. The van der Waals surface area contributed by atoms with Crippen molar-refractivity contribution in [2.45, 2.75) is 0 Å². The summed E-state index contributed by atoms with van der Waals surface area (Å²) in [6.45, 7) is 0. The van der Waals surface area contributed by atoms with Gasteiger partial charge in [-0.15, -0.1) is 0 Å². The number of aromatic nitrogens is 2. The Morgan fingerprint density at radius 2 is 1.70 bits per heavy atom. The molecule has 7 nitrogen and oxygen atoms in total. The highest BCUT2D eigenvalue weighted by molar-refractivity contribution is 6.11. The summed E-state index contributed by atoms with van der Waals surface area (Å²) < 4.78 is 12.1. The van der Waals surface area contributed by atoms with Crippen LogP contribution < -0.4 is 20.5 Å². The quantitative estimate of drug-likeness (QED) is 0.339. The van der Waals surface area contributed by atoms with Gasteiger partial charge in [-0.1, -0.05) is 54.6 Å². The first-order chi connectivity index (χ1) is 16.1. The van der Waals surface area contributed by atoms with E-state index < -0.39 is 0 Å². The first kappa shape index (κ1) is 21.8. The van der Waals surface area contributed by atoms with Crippen molar-refractivity contribution in [3.05, 3.63) is 100 Å². The molecule has 166 valence electrons. The van der Waals surface area contributed by atoms with Gasteiger partial charge in [-0.05, 0) is 35.9 Å². The summed E-state index contributed by atoms with van der Waals surface area (Å²) >= 11 is 0. The second-order valence-corrected chi connectivity index (χ2v) is 7.24. The van der Waals surface area contributed by atoms with Gasteiger partial charge in [0.2, 0.25) is 5.95 Å². The topological polar surface area (TPSA) is 77.7 Å². The molecule has 1 aromatic heterocycles. The lowest BCUT2D eigenvalue weighted by Gasteiger charge is -2.10. The fraction of sp³-hybridized carbons (Fsp3) is 0.115. The van der Waals surface area contributed by atoms with E-state index >= 15 is 0 Å². The summed E-state index contributed by atoms with van der Waals surface area (Å²) in [6.07, 6.45) is 3.82. The van der Waals surface area contributed by atoms with Crippen LogP contribution in [0.3, 0.4) is 0 Å². The van der Waals surface area contributed by atoms with Crippen molar-refractivity contribution >= 4 is 28.6 Å². The number of ether oxygens (including phenoxy) is 2. The van der Waals surface area contributed by atoms with E-state index in [2.05, 4.69) is 15.5 Å². The molecule has 0 atom stereocenters. The minimum Gasteiger partial charge on any atom is -0.493 e. The molecule has 0 bridgehead atoms. The Bertz CT molecular complexity index is 1390. The Morgan fingerprint density at radius 3 is 2.45 bits per heavy atom. The second-order valence-electron chi connectivity index (χ2n) is 7.24. The number of methoxy groups -OCH3 is 2. The number of anilines is 1. The molecule has 33 heavy (non-hydrogen) atoms. The number of allylic oxidation sites excluding steroid dienone is 1. The van der Waals surface area contributed by atoms with Gasteiger partial charge in [0.05, 0.1) is 30.8 Å². The molecule has 4 aromatic rings. The Balaban J connectivity index is 1.70. The Labute approximate surface area is 191 Å². The van der Waals surface area contributed by atoms with Gasteiger partial charge in [0, 0.05) is 12.6 Å². The number of fused-ring (bicyclic) bond motifs is 1. The highest BCUT2D eigenvalue weighted by atomic mass is 16.5. The van der Waals surface area contributed by atoms with E-state index in [1.54, 1.807) is 33.4 Å². The molecule has 0 unspecified atom stereocenters. The average molecular weight is 441 g/mol. The normalized spacial score (nSPS) is 11.7. The molecular weight excluding hydrogens is 416 g/mol. The van der Waals surface area contributed by atoms with Crippen molar-refractivity contribution in [3.8, 4) is 11.5 Å². The summed E-state index contributed by atoms with van der Waals surface area (Å²) in [6, 6.07) is 22.7. The smallest absolute Gasteiger partial charge is 0.262 e. The molecule has 0 fully saturated rings. The number of benzene rings is 3. The Kier molecular flexibility index (Phi) is 6.50. The third-order valence-corrected chi connectivity index (χ3v) is 5.17. The van der Waals surface area contributed by atoms with Crippen molar-refractivity contribution in [1.82, 2.24) is 9.55 Å². The van der Waals surface area contributed by atoms with Crippen LogP contribution in [-0.2, 0) is 7.05 Å². The van der Waals surface area contributed by atoms with Crippen molar-refractivity contribution in [2.75, 3.05) is 19.6 Å². The van der Waals surface area contributed by atoms with Gasteiger partial charge in [0.1, 0.15) is 0 Å². The van der Waals surface area contributed by atoms with Gasteiger partial charge in [-0.3, -0.25) is 9.36 Å². The van der Waals surface area contributed by atoms with Crippen LogP contribution in [0.2, 0.25) is 0 Å². The van der Waals surface area contributed by atoms with E-state index in [0.29, 0.717) is 34.1 Å². The fourth-order valence-electron chi connectivity index (χ4n) is 3.37. The van der Waals surface area contributed by atoms with Crippen molar-refractivity contribution in [3.63, 3.8) is 0 Å². The molecule has 1 heterocycles. The van der Waals surface area contributed by atoms with Crippen molar-refractivity contribution in [2.24, 2.45) is 12.1 Å². The minimum absolute atomic E-state index is 0.138. The second kappa shape index (κ2) is 9.82. The van der Waals surface area contributed by atoms with Gasteiger partial charge in [0.15, 0.2) is 11.5 Å². The number of nitrogens with one attached hydrogen (secondary N) is 1. The van der Waals surface area contributed by atoms with Crippen LogP contribution in [0, 0.1) is 0 Å². The zero-order chi connectivity index (χ0) is 23.2. The first-order valence-corrected chi connectivity index (χ1v) is 10.4. The maximum atomic E-state index is 12.7. The summed E-state index contributed by atoms with van der Waals surface area (Å²) in [7, 11) is 4.88. The number of rotatable bonds is 7. The average Bonchev–Trinajstić information content (AvgIpc) is 2.87. The van der Waals surface area contributed by atoms with Crippen LogP contribution in [0.15, 0.2) is 88.8 Å². The molecule has 0 amide bonds. The van der Waals surface area contributed by atoms with Gasteiger partial charge in [-0.25, -0.2) is 10.4 Å². The number of hydrogen-bond donors (Lipinski definition) is 1. The van der Waals surface area contributed by atoms with Gasteiger partial charge in [-0.2, -0.15) is 5.10 Å². The van der Waals surface area contributed by atoms with Crippen LogP contribution in [0.5, 0.6) is 11.5 Å². The van der Waals surface area contributed by atoms with E-state index in [4.69, 9.17) is 9.47 Å².